The summed E-state index contributed by atoms with van der Waals surface area (Å²) in [4.78, 5) is 26.7. The highest BCUT2D eigenvalue weighted by molar-refractivity contribution is 5.89. The van der Waals surface area contributed by atoms with E-state index < -0.39 is 0 Å². The van der Waals surface area contributed by atoms with E-state index >= 15 is 0 Å². The Hall–Kier alpha value is -0.860. The Balaban J connectivity index is 0. The molecule has 0 aromatic heterocycles. The van der Waals surface area contributed by atoms with Crippen molar-refractivity contribution in [1.29, 1.82) is 0 Å². The Morgan fingerprint density at radius 2 is 1.52 bits per heavy atom. The second-order valence-corrected chi connectivity index (χ2v) is 7.91. The van der Waals surface area contributed by atoms with Crippen LogP contribution in [0.25, 0.3) is 0 Å². The Morgan fingerprint density at radius 3 is 1.86 bits per heavy atom. The molecule has 0 aliphatic rings. The molecule has 1 atom stereocenters. The van der Waals surface area contributed by atoms with Crippen LogP contribution < -0.4 is 0 Å². The Bertz CT molecular complexity index is 334. The molecular weight excluding hydrogens is 262 g/mol. The molecule has 3 nitrogen and oxygen atoms in total. The van der Waals surface area contributed by atoms with Gasteiger partial charge in [0, 0.05) is 31.3 Å². The molecule has 0 radical (unpaired) electrons. The van der Waals surface area contributed by atoms with Crippen LogP contribution in [0.2, 0.25) is 0 Å². The molecule has 0 aliphatic heterocycles. The molecule has 0 fully saturated rings. The van der Waals surface area contributed by atoms with E-state index in [2.05, 4.69) is 6.92 Å². The molecule has 1 amide bonds. The number of hydrogen-bond donors (Lipinski definition) is 0. The molecule has 0 saturated heterocycles. The maximum Gasteiger partial charge on any atom is 0.226 e. The first-order chi connectivity index (χ1) is 8.91. The summed E-state index contributed by atoms with van der Waals surface area (Å²) in [6.45, 7) is 14.8. The SMILES string of the molecule is C.CCCCN(C)C(=O)C(CC(=O)C(C)(C)C)C(C)(C)C. The van der Waals surface area contributed by atoms with Gasteiger partial charge >= 0.3 is 0 Å². The Morgan fingerprint density at radius 1 is 1.05 bits per heavy atom. The van der Waals surface area contributed by atoms with E-state index in [1.165, 1.54) is 0 Å². The highest BCUT2D eigenvalue weighted by Gasteiger charge is 2.37. The number of amides is 1. The van der Waals surface area contributed by atoms with Gasteiger partial charge in [-0.1, -0.05) is 62.3 Å². The van der Waals surface area contributed by atoms with Gasteiger partial charge in [-0.2, -0.15) is 0 Å². The van der Waals surface area contributed by atoms with E-state index in [-0.39, 0.29) is 35.9 Å². The van der Waals surface area contributed by atoms with Crippen molar-refractivity contribution in [2.75, 3.05) is 13.6 Å². The van der Waals surface area contributed by atoms with Crippen molar-refractivity contribution in [3.8, 4) is 0 Å². The van der Waals surface area contributed by atoms with Gasteiger partial charge in [0.15, 0.2) is 0 Å². The fourth-order valence-corrected chi connectivity index (χ4v) is 2.03. The summed E-state index contributed by atoms with van der Waals surface area (Å²) in [6, 6.07) is 0. The third-order valence-electron chi connectivity index (χ3n) is 3.79. The first-order valence-corrected chi connectivity index (χ1v) is 7.69. The summed E-state index contributed by atoms with van der Waals surface area (Å²) in [7, 11) is 1.85. The van der Waals surface area contributed by atoms with E-state index in [0.717, 1.165) is 19.4 Å². The van der Waals surface area contributed by atoms with Gasteiger partial charge in [0.05, 0.1) is 0 Å². The van der Waals surface area contributed by atoms with Crippen LogP contribution in [0.5, 0.6) is 0 Å². The number of ketones is 1. The predicted molar refractivity (Wildman–Crippen MR) is 91.3 cm³/mol. The number of carbonyl (C=O) groups is 2. The van der Waals surface area contributed by atoms with Crippen LogP contribution in [-0.2, 0) is 9.59 Å². The van der Waals surface area contributed by atoms with Crippen LogP contribution in [0.1, 0.15) is 75.2 Å². The van der Waals surface area contributed by atoms with E-state index in [1.54, 1.807) is 4.90 Å². The average molecular weight is 299 g/mol. The summed E-state index contributed by atoms with van der Waals surface area (Å²) in [5, 5.41) is 0. The molecule has 21 heavy (non-hydrogen) atoms. The molecule has 0 spiro atoms. The zero-order valence-corrected chi connectivity index (χ0v) is 14.7. The van der Waals surface area contributed by atoms with Crippen molar-refractivity contribution in [3.63, 3.8) is 0 Å². The van der Waals surface area contributed by atoms with Gasteiger partial charge in [-0.05, 0) is 11.8 Å². The Labute approximate surface area is 132 Å². The maximum absolute atomic E-state index is 12.6. The van der Waals surface area contributed by atoms with E-state index in [0.29, 0.717) is 6.42 Å². The molecule has 3 heteroatoms. The standard InChI is InChI=1S/C17H33NO2.CH4/c1-9-10-11-18(8)15(20)13(16(2,3)4)12-14(19)17(5,6)7;/h13H,9-12H2,1-8H3;1H4. The van der Waals surface area contributed by atoms with Crippen molar-refractivity contribution in [2.45, 2.75) is 75.2 Å². The van der Waals surface area contributed by atoms with Crippen molar-refractivity contribution >= 4 is 11.7 Å². The topological polar surface area (TPSA) is 37.4 Å². The smallest absolute Gasteiger partial charge is 0.226 e. The summed E-state index contributed by atoms with van der Waals surface area (Å²) in [5.74, 6) is 0.0225. The molecule has 0 rings (SSSR count). The lowest BCUT2D eigenvalue weighted by Crippen LogP contribution is -2.42. The molecule has 0 aromatic carbocycles. The van der Waals surface area contributed by atoms with E-state index in [4.69, 9.17) is 0 Å². The highest BCUT2D eigenvalue weighted by atomic mass is 16.2. The molecule has 1 unspecified atom stereocenters. The fraction of sp³-hybridized carbons (Fsp3) is 0.889. The van der Waals surface area contributed by atoms with Gasteiger partial charge in [-0.3, -0.25) is 9.59 Å². The average Bonchev–Trinajstić information content (AvgIpc) is 2.28. The normalized spacial score (nSPS) is 13.3. The Kier molecular flexibility index (Phi) is 9.13. The number of rotatable bonds is 6. The summed E-state index contributed by atoms with van der Waals surface area (Å²) >= 11 is 0. The monoisotopic (exact) mass is 299 g/mol. The van der Waals surface area contributed by atoms with Crippen LogP contribution >= 0.6 is 0 Å². The van der Waals surface area contributed by atoms with Gasteiger partial charge in [0.25, 0.3) is 0 Å². The first-order valence-electron chi connectivity index (χ1n) is 7.69. The minimum Gasteiger partial charge on any atom is -0.345 e. The lowest BCUT2D eigenvalue weighted by Gasteiger charge is -2.34. The minimum absolute atomic E-state index is 0. The van der Waals surface area contributed by atoms with Gasteiger partial charge in [0.1, 0.15) is 5.78 Å². The quantitative estimate of drug-likeness (QED) is 0.721. The number of Topliss-reactive ketones (excluding diaryl/α,β-unsaturated/α-hetero) is 1. The molecular formula is C18H37NO2. The first kappa shape index (κ1) is 22.4. The molecule has 0 N–H and O–H groups in total. The van der Waals surface area contributed by atoms with Crippen molar-refractivity contribution in [1.82, 2.24) is 4.90 Å². The van der Waals surface area contributed by atoms with Gasteiger partial charge in [0.2, 0.25) is 5.91 Å². The van der Waals surface area contributed by atoms with Crippen LogP contribution in [0.15, 0.2) is 0 Å². The van der Waals surface area contributed by atoms with Gasteiger partial charge in [-0.15, -0.1) is 0 Å². The van der Waals surface area contributed by atoms with Gasteiger partial charge < -0.3 is 4.90 Å². The van der Waals surface area contributed by atoms with Crippen LogP contribution in [-0.4, -0.2) is 30.2 Å². The van der Waals surface area contributed by atoms with Crippen LogP contribution in [0.3, 0.4) is 0 Å². The lowest BCUT2D eigenvalue weighted by molar-refractivity contribution is -0.142. The third-order valence-corrected chi connectivity index (χ3v) is 3.79. The maximum atomic E-state index is 12.6. The largest absolute Gasteiger partial charge is 0.345 e. The number of unbranched alkanes of at least 4 members (excludes halogenated alkanes) is 1. The van der Waals surface area contributed by atoms with Crippen molar-refractivity contribution in [3.05, 3.63) is 0 Å². The fourth-order valence-electron chi connectivity index (χ4n) is 2.03. The molecule has 0 saturated carbocycles. The molecule has 0 heterocycles. The third kappa shape index (κ3) is 7.63. The molecule has 0 aliphatic carbocycles. The zero-order chi connectivity index (χ0) is 16.1. The minimum atomic E-state index is -0.383. The molecule has 126 valence electrons. The van der Waals surface area contributed by atoms with Gasteiger partial charge in [-0.25, -0.2) is 0 Å². The summed E-state index contributed by atoms with van der Waals surface area (Å²) < 4.78 is 0. The number of nitrogens with zero attached hydrogens (tertiary/aromatic N) is 1. The van der Waals surface area contributed by atoms with E-state index in [9.17, 15) is 9.59 Å². The van der Waals surface area contributed by atoms with Crippen molar-refractivity contribution in [2.24, 2.45) is 16.7 Å². The lowest BCUT2D eigenvalue weighted by atomic mass is 9.73. The predicted octanol–water partition coefficient (Wildman–Crippen LogP) is 4.55. The highest BCUT2D eigenvalue weighted by Crippen LogP contribution is 2.33. The zero-order valence-electron chi connectivity index (χ0n) is 14.7. The number of carbonyl (C=O) groups excluding carboxylic acids is 2. The second-order valence-electron chi connectivity index (χ2n) is 7.91. The molecule has 0 bridgehead atoms. The second kappa shape index (κ2) is 8.55. The van der Waals surface area contributed by atoms with Crippen molar-refractivity contribution < 1.29 is 9.59 Å². The molecule has 0 aromatic rings. The van der Waals surface area contributed by atoms with Crippen LogP contribution in [0, 0.1) is 16.7 Å². The van der Waals surface area contributed by atoms with E-state index in [1.807, 2.05) is 48.6 Å². The number of hydrogen-bond acceptors (Lipinski definition) is 2. The van der Waals surface area contributed by atoms with Crippen LogP contribution in [0.4, 0.5) is 0 Å². The summed E-state index contributed by atoms with van der Waals surface area (Å²) in [5.41, 5.74) is -0.579. The summed E-state index contributed by atoms with van der Waals surface area (Å²) in [6.07, 6.45) is 2.41.